The number of aromatic amines is 1. The minimum atomic E-state index is -0.584. The number of anilines is 2. The van der Waals surface area contributed by atoms with Crippen LogP contribution < -0.4 is 10.6 Å². The first kappa shape index (κ1) is 21.4. The lowest BCUT2D eigenvalue weighted by Crippen LogP contribution is -2.30. The molecule has 0 fully saturated rings. The quantitative estimate of drug-likeness (QED) is 0.358. The maximum Gasteiger partial charge on any atom is 0.231 e. The summed E-state index contributed by atoms with van der Waals surface area (Å²) in [7, 11) is 0. The van der Waals surface area contributed by atoms with Crippen molar-refractivity contribution in [1.82, 2.24) is 15.2 Å². The first-order chi connectivity index (χ1) is 17.0. The van der Waals surface area contributed by atoms with E-state index in [1.54, 1.807) is 28.6 Å². The van der Waals surface area contributed by atoms with Gasteiger partial charge in [0.25, 0.3) is 0 Å². The summed E-state index contributed by atoms with van der Waals surface area (Å²) in [5.74, 6) is -0.962. The molecule has 0 unspecified atom stereocenters. The van der Waals surface area contributed by atoms with Gasteiger partial charge in [-0.25, -0.2) is 13.8 Å². The third kappa shape index (κ3) is 3.64. The molecular formula is C26H19F2N5OS. The van der Waals surface area contributed by atoms with Crippen LogP contribution in [-0.4, -0.2) is 27.6 Å². The highest BCUT2D eigenvalue weighted by Crippen LogP contribution is 2.42. The number of benzene rings is 2. The van der Waals surface area contributed by atoms with Gasteiger partial charge in [0.15, 0.2) is 0 Å². The largest absolute Gasteiger partial charge is 0.383 e. The number of fused-ring (bicyclic) bond motifs is 2. The number of hydrogen-bond donors (Lipinski definition) is 2. The van der Waals surface area contributed by atoms with Gasteiger partial charge in [-0.05, 0) is 59.3 Å². The maximum atomic E-state index is 14.0. The molecule has 0 bridgehead atoms. The number of nitrogen functional groups attached to an aromatic ring is 1. The zero-order chi connectivity index (χ0) is 24.1. The second kappa shape index (κ2) is 8.28. The van der Waals surface area contributed by atoms with Crippen LogP contribution in [0.15, 0.2) is 60.2 Å². The Morgan fingerprint density at radius 3 is 2.86 bits per heavy atom. The van der Waals surface area contributed by atoms with Crippen molar-refractivity contribution >= 4 is 38.8 Å². The van der Waals surface area contributed by atoms with Crippen molar-refractivity contribution in [2.45, 2.75) is 12.8 Å². The summed E-state index contributed by atoms with van der Waals surface area (Å²) >= 11 is 1.59. The number of nitrogens with one attached hydrogen (secondary N) is 1. The Hall–Kier alpha value is -4.11. The maximum absolute atomic E-state index is 14.0. The Labute approximate surface area is 203 Å². The molecule has 35 heavy (non-hydrogen) atoms. The van der Waals surface area contributed by atoms with Crippen LogP contribution in [0.3, 0.4) is 0 Å². The lowest BCUT2D eigenvalue weighted by atomic mass is 10.00. The number of nitrogens with zero attached hydrogens (tertiary/aromatic N) is 3. The molecule has 1 aliphatic heterocycles. The Morgan fingerprint density at radius 2 is 2.03 bits per heavy atom. The molecule has 3 N–H and O–H groups in total. The number of pyridine rings is 1. The van der Waals surface area contributed by atoms with Crippen LogP contribution in [0.25, 0.3) is 32.5 Å². The van der Waals surface area contributed by atoms with Gasteiger partial charge in [-0.1, -0.05) is 6.07 Å². The fraction of sp³-hybridized carbons (Fsp3) is 0.115. The number of aromatic nitrogens is 3. The molecular weight excluding hydrogens is 468 g/mol. The number of carbonyl (C=O) groups excluding carboxylic acids is 1. The summed E-state index contributed by atoms with van der Waals surface area (Å²) in [6.07, 6.45) is 3.98. The fourth-order valence-corrected chi connectivity index (χ4v) is 5.74. The minimum absolute atomic E-state index is 0.0560. The van der Waals surface area contributed by atoms with E-state index in [-0.39, 0.29) is 17.9 Å². The van der Waals surface area contributed by atoms with E-state index < -0.39 is 11.6 Å². The van der Waals surface area contributed by atoms with E-state index in [2.05, 4.69) is 26.6 Å². The molecule has 174 valence electrons. The van der Waals surface area contributed by atoms with Crippen molar-refractivity contribution in [3.05, 3.63) is 83.0 Å². The van der Waals surface area contributed by atoms with E-state index in [4.69, 9.17) is 5.73 Å². The second-order valence-corrected chi connectivity index (χ2v) is 9.30. The Kier molecular flexibility index (Phi) is 5.07. The van der Waals surface area contributed by atoms with Gasteiger partial charge >= 0.3 is 0 Å². The van der Waals surface area contributed by atoms with E-state index >= 15 is 0 Å². The molecule has 6 rings (SSSR count). The zero-order valence-electron chi connectivity index (χ0n) is 18.4. The Balaban J connectivity index is 1.33. The normalized spacial score (nSPS) is 12.9. The van der Waals surface area contributed by atoms with Crippen molar-refractivity contribution in [2.75, 3.05) is 17.2 Å². The van der Waals surface area contributed by atoms with E-state index in [0.717, 1.165) is 61.9 Å². The van der Waals surface area contributed by atoms with Gasteiger partial charge in [0, 0.05) is 51.4 Å². The summed E-state index contributed by atoms with van der Waals surface area (Å²) in [5, 5.41) is 10.1. The van der Waals surface area contributed by atoms with Gasteiger partial charge in [0.2, 0.25) is 5.91 Å². The number of carbonyl (C=O) groups is 1. The summed E-state index contributed by atoms with van der Waals surface area (Å²) in [6.45, 7) is 0.492. The lowest BCUT2D eigenvalue weighted by Gasteiger charge is -2.18. The number of thiophene rings is 1. The van der Waals surface area contributed by atoms with Crippen molar-refractivity contribution in [1.29, 1.82) is 0 Å². The van der Waals surface area contributed by atoms with E-state index in [0.29, 0.717) is 18.8 Å². The summed E-state index contributed by atoms with van der Waals surface area (Å²) in [5.41, 5.74) is 11.8. The molecule has 1 aliphatic rings. The van der Waals surface area contributed by atoms with Crippen molar-refractivity contribution in [3.8, 4) is 22.4 Å². The average Bonchev–Trinajstić information content (AvgIpc) is 3.61. The SMILES string of the molecule is Nc1ncc(-c2cc[nH]n2)c2scc(-c3ccc4c(c3)CCN4C(=O)Cc3cc(F)ccc3F)c12. The Morgan fingerprint density at radius 1 is 1.14 bits per heavy atom. The number of rotatable bonds is 4. The summed E-state index contributed by atoms with van der Waals surface area (Å²) < 4.78 is 28.6. The van der Waals surface area contributed by atoms with E-state index in [1.807, 2.05) is 18.2 Å². The molecule has 2 aromatic carbocycles. The summed E-state index contributed by atoms with van der Waals surface area (Å²) in [4.78, 5) is 19.0. The van der Waals surface area contributed by atoms with Crippen LogP contribution in [0, 0.1) is 11.6 Å². The number of nitrogens with two attached hydrogens (primary N) is 1. The molecule has 4 heterocycles. The van der Waals surface area contributed by atoms with Crippen LogP contribution >= 0.6 is 11.3 Å². The topological polar surface area (TPSA) is 87.9 Å². The number of halogens is 2. The predicted molar refractivity (Wildman–Crippen MR) is 133 cm³/mol. The molecule has 1 amide bonds. The van der Waals surface area contributed by atoms with E-state index in [9.17, 15) is 13.6 Å². The first-order valence-corrected chi connectivity index (χ1v) is 11.9. The third-order valence-electron chi connectivity index (χ3n) is 6.34. The van der Waals surface area contributed by atoms with Crippen molar-refractivity contribution < 1.29 is 13.6 Å². The smallest absolute Gasteiger partial charge is 0.231 e. The van der Waals surface area contributed by atoms with Gasteiger partial charge in [-0.15, -0.1) is 11.3 Å². The molecule has 0 saturated carbocycles. The number of amides is 1. The zero-order valence-corrected chi connectivity index (χ0v) is 19.2. The minimum Gasteiger partial charge on any atom is -0.383 e. The van der Waals surface area contributed by atoms with Crippen LogP contribution in [-0.2, 0) is 17.6 Å². The van der Waals surface area contributed by atoms with Crippen LogP contribution in [0.2, 0.25) is 0 Å². The van der Waals surface area contributed by atoms with Gasteiger partial charge < -0.3 is 10.6 Å². The highest BCUT2D eigenvalue weighted by atomic mass is 32.1. The molecule has 3 aromatic heterocycles. The molecule has 0 saturated heterocycles. The molecule has 6 nitrogen and oxygen atoms in total. The predicted octanol–water partition coefficient (Wildman–Crippen LogP) is 5.35. The molecule has 0 atom stereocenters. The third-order valence-corrected chi connectivity index (χ3v) is 7.35. The van der Waals surface area contributed by atoms with Gasteiger partial charge in [0.1, 0.15) is 17.5 Å². The number of H-pyrrole nitrogens is 1. The first-order valence-electron chi connectivity index (χ1n) is 11.0. The van der Waals surface area contributed by atoms with Crippen LogP contribution in [0.5, 0.6) is 0 Å². The van der Waals surface area contributed by atoms with Crippen LogP contribution in [0.1, 0.15) is 11.1 Å². The van der Waals surface area contributed by atoms with Gasteiger partial charge in [0.05, 0.1) is 12.1 Å². The molecule has 0 aliphatic carbocycles. The fourth-order valence-electron chi connectivity index (χ4n) is 4.64. The average molecular weight is 488 g/mol. The summed E-state index contributed by atoms with van der Waals surface area (Å²) in [6, 6.07) is 11.0. The van der Waals surface area contributed by atoms with Crippen LogP contribution in [0.4, 0.5) is 20.3 Å². The monoisotopic (exact) mass is 487 g/mol. The molecule has 5 aromatic rings. The molecule has 0 radical (unpaired) electrons. The number of hydrogen-bond acceptors (Lipinski definition) is 5. The highest BCUT2D eigenvalue weighted by Gasteiger charge is 2.26. The standard InChI is InChI=1S/C26H19F2N5OS/c27-17-2-3-20(28)16(10-17)11-23(34)33-8-6-15-9-14(1-4-22(15)33)19-13-35-25-18(21-5-7-31-32-21)12-30-26(29)24(19)25/h1-5,7,9-10,12-13H,6,8,11H2,(H2,29,30)(H,31,32). The second-order valence-electron chi connectivity index (χ2n) is 8.42. The van der Waals surface area contributed by atoms with Gasteiger partial charge in [-0.3, -0.25) is 9.89 Å². The highest BCUT2D eigenvalue weighted by molar-refractivity contribution is 7.18. The molecule has 0 spiro atoms. The Bertz CT molecular complexity index is 1600. The van der Waals surface area contributed by atoms with Crippen molar-refractivity contribution in [2.24, 2.45) is 0 Å². The lowest BCUT2D eigenvalue weighted by molar-refractivity contribution is -0.117. The van der Waals surface area contributed by atoms with Gasteiger partial charge in [-0.2, -0.15) is 5.10 Å². The molecule has 9 heteroatoms. The van der Waals surface area contributed by atoms with Crippen molar-refractivity contribution in [3.63, 3.8) is 0 Å². The van der Waals surface area contributed by atoms with E-state index in [1.165, 1.54) is 0 Å².